The molecular weight excluding hydrogens is 317 g/mol. The number of anilines is 1. The normalized spacial score (nSPS) is 15.0. The van der Waals surface area contributed by atoms with Crippen LogP contribution in [0.4, 0.5) is 18.9 Å². The molecular formula is C14H13F3N2O4. The molecule has 9 heteroatoms. The Balaban J connectivity index is 2.37. The van der Waals surface area contributed by atoms with Crippen LogP contribution in [0.2, 0.25) is 0 Å². The van der Waals surface area contributed by atoms with E-state index in [0.717, 1.165) is 30.2 Å². The fourth-order valence-corrected chi connectivity index (χ4v) is 2.15. The minimum atomic E-state index is -4.72. The van der Waals surface area contributed by atoms with Gasteiger partial charge in [-0.2, -0.15) is 13.2 Å². The van der Waals surface area contributed by atoms with Crippen molar-refractivity contribution in [2.75, 3.05) is 25.6 Å². The van der Waals surface area contributed by atoms with Gasteiger partial charge in [-0.25, -0.2) is 0 Å². The highest BCUT2D eigenvalue weighted by atomic mass is 19.4. The predicted molar refractivity (Wildman–Crippen MR) is 73.5 cm³/mol. The number of carbonyl (C=O) groups is 2. The summed E-state index contributed by atoms with van der Waals surface area (Å²) in [4.78, 5) is 24.3. The third-order valence-corrected chi connectivity index (χ3v) is 3.13. The molecule has 0 atom stereocenters. The summed E-state index contributed by atoms with van der Waals surface area (Å²) in [6.45, 7) is -0.671. The number of amides is 2. The van der Waals surface area contributed by atoms with E-state index in [1.165, 1.54) is 6.07 Å². The summed E-state index contributed by atoms with van der Waals surface area (Å²) in [6, 6.07) is 3.59. The maximum absolute atomic E-state index is 13.2. The van der Waals surface area contributed by atoms with E-state index in [0.29, 0.717) is 0 Å². The molecule has 1 aromatic carbocycles. The first kappa shape index (κ1) is 16.8. The number of aliphatic hydroxyl groups excluding tert-OH is 1. The second kappa shape index (κ2) is 6.29. The molecule has 0 spiro atoms. The van der Waals surface area contributed by atoms with Crippen molar-refractivity contribution in [2.45, 2.75) is 6.18 Å². The average Bonchev–Trinajstić information content (AvgIpc) is 2.74. The third kappa shape index (κ3) is 3.29. The Bertz CT molecular complexity index is 670. The third-order valence-electron chi connectivity index (χ3n) is 3.13. The number of nitrogens with one attached hydrogen (secondary N) is 1. The predicted octanol–water partition coefficient (Wildman–Crippen LogP) is 1.37. The van der Waals surface area contributed by atoms with E-state index in [1.54, 1.807) is 0 Å². The van der Waals surface area contributed by atoms with Gasteiger partial charge in [0.25, 0.3) is 11.8 Å². The number of hydrogen-bond acceptors (Lipinski definition) is 5. The number of halogens is 3. The van der Waals surface area contributed by atoms with Crippen LogP contribution in [0.5, 0.6) is 5.75 Å². The van der Waals surface area contributed by atoms with Crippen molar-refractivity contribution in [2.24, 2.45) is 0 Å². The van der Waals surface area contributed by atoms with Gasteiger partial charge in [-0.3, -0.25) is 14.5 Å². The molecule has 0 unspecified atom stereocenters. The molecule has 2 rings (SSSR count). The Kier molecular flexibility index (Phi) is 4.60. The van der Waals surface area contributed by atoms with Crippen LogP contribution in [-0.4, -0.2) is 42.1 Å². The fraction of sp³-hybridized carbons (Fsp3) is 0.286. The molecule has 6 nitrogen and oxygen atoms in total. The Labute approximate surface area is 129 Å². The minimum Gasteiger partial charge on any atom is -0.496 e. The van der Waals surface area contributed by atoms with E-state index in [4.69, 9.17) is 9.84 Å². The standard InChI is InChI=1S/C14H13F3N2O4/c1-23-10-4-2-3-8(12(10)14(15,16)17)18-9-7-11(21)19(5-6-20)13(9)22/h2-4,7,18,20H,5-6H2,1H3. The van der Waals surface area contributed by atoms with E-state index in [-0.39, 0.29) is 12.2 Å². The van der Waals surface area contributed by atoms with Gasteiger partial charge >= 0.3 is 6.18 Å². The molecule has 1 aliphatic rings. The molecule has 1 heterocycles. The van der Waals surface area contributed by atoms with Crippen molar-refractivity contribution in [3.63, 3.8) is 0 Å². The first-order valence-corrected chi connectivity index (χ1v) is 6.49. The molecule has 0 aromatic heterocycles. The first-order valence-electron chi connectivity index (χ1n) is 6.49. The van der Waals surface area contributed by atoms with Crippen LogP contribution in [0.1, 0.15) is 5.56 Å². The average molecular weight is 330 g/mol. The van der Waals surface area contributed by atoms with Gasteiger partial charge in [-0.1, -0.05) is 6.07 Å². The highest BCUT2D eigenvalue weighted by Crippen LogP contribution is 2.41. The van der Waals surface area contributed by atoms with E-state index < -0.39 is 41.6 Å². The Morgan fingerprint density at radius 2 is 2.00 bits per heavy atom. The smallest absolute Gasteiger partial charge is 0.421 e. The van der Waals surface area contributed by atoms with Gasteiger partial charge in [-0.15, -0.1) is 0 Å². The van der Waals surface area contributed by atoms with Crippen molar-refractivity contribution in [3.8, 4) is 5.75 Å². The maximum Gasteiger partial charge on any atom is 0.421 e. The van der Waals surface area contributed by atoms with Crippen LogP contribution >= 0.6 is 0 Å². The molecule has 2 N–H and O–H groups in total. The lowest BCUT2D eigenvalue weighted by Gasteiger charge is -2.18. The summed E-state index contributed by atoms with van der Waals surface area (Å²) in [6.07, 6.45) is -3.83. The van der Waals surface area contributed by atoms with Gasteiger partial charge < -0.3 is 15.2 Å². The molecule has 0 radical (unpaired) electrons. The Morgan fingerprint density at radius 3 is 2.57 bits per heavy atom. The number of aliphatic hydroxyl groups is 1. The SMILES string of the molecule is COc1cccc(NC2=CC(=O)N(CCO)C2=O)c1C(F)(F)F. The van der Waals surface area contributed by atoms with Crippen LogP contribution < -0.4 is 10.1 Å². The lowest BCUT2D eigenvalue weighted by atomic mass is 10.1. The number of alkyl halides is 3. The number of methoxy groups -OCH3 is 1. The Morgan fingerprint density at radius 1 is 1.30 bits per heavy atom. The minimum absolute atomic E-state index is 0.233. The van der Waals surface area contributed by atoms with Gasteiger partial charge in [-0.05, 0) is 12.1 Å². The number of carbonyl (C=O) groups excluding carboxylic acids is 2. The highest BCUT2D eigenvalue weighted by Gasteiger charge is 2.38. The van der Waals surface area contributed by atoms with Crippen LogP contribution in [0.3, 0.4) is 0 Å². The van der Waals surface area contributed by atoms with E-state index in [2.05, 4.69) is 5.32 Å². The number of β-amino-alcohol motifs (C(OH)–C–C–N with tert-alkyl or cyclic N) is 1. The van der Waals surface area contributed by atoms with Crippen LogP contribution in [0.25, 0.3) is 0 Å². The molecule has 23 heavy (non-hydrogen) atoms. The maximum atomic E-state index is 13.2. The van der Waals surface area contributed by atoms with Crippen LogP contribution in [0, 0.1) is 0 Å². The second-order valence-electron chi connectivity index (χ2n) is 4.58. The number of nitrogens with zero attached hydrogens (tertiary/aromatic N) is 1. The molecule has 0 saturated heterocycles. The largest absolute Gasteiger partial charge is 0.496 e. The van der Waals surface area contributed by atoms with Gasteiger partial charge in [0.2, 0.25) is 0 Å². The highest BCUT2D eigenvalue weighted by molar-refractivity contribution is 6.17. The van der Waals surface area contributed by atoms with Crippen molar-refractivity contribution in [1.82, 2.24) is 4.90 Å². The quantitative estimate of drug-likeness (QED) is 0.797. The first-order chi connectivity index (χ1) is 10.8. The number of imide groups is 1. The van der Waals surface area contributed by atoms with E-state index in [9.17, 15) is 22.8 Å². The molecule has 0 aliphatic carbocycles. The summed E-state index contributed by atoms with van der Waals surface area (Å²) in [5.74, 6) is -1.92. The monoisotopic (exact) mass is 330 g/mol. The van der Waals surface area contributed by atoms with E-state index in [1.807, 2.05) is 0 Å². The Hall–Kier alpha value is -2.55. The molecule has 0 fully saturated rings. The summed E-state index contributed by atoms with van der Waals surface area (Å²) in [7, 11) is 1.10. The fourth-order valence-electron chi connectivity index (χ4n) is 2.15. The topological polar surface area (TPSA) is 78.9 Å². The second-order valence-corrected chi connectivity index (χ2v) is 4.58. The van der Waals surface area contributed by atoms with Gasteiger partial charge in [0, 0.05) is 6.08 Å². The van der Waals surface area contributed by atoms with Crippen molar-refractivity contribution in [1.29, 1.82) is 0 Å². The summed E-state index contributed by atoms with van der Waals surface area (Å²) >= 11 is 0. The van der Waals surface area contributed by atoms with E-state index >= 15 is 0 Å². The van der Waals surface area contributed by atoms with Crippen LogP contribution in [0.15, 0.2) is 30.0 Å². The lowest BCUT2D eigenvalue weighted by molar-refractivity contribution is -0.139. The van der Waals surface area contributed by atoms with Crippen molar-refractivity contribution >= 4 is 17.5 Å². The molecule has 1 aromatic rings. The zero-order valence-electron chi connectivity index (χ0n) is 12.0. The number of rotatable bonds is 5. The van der Waals surface area contributed by atoms with Crippen molar-refractivity contribution < 1.29 is 32.6 Å². The molecule has 0 saturated carbocycles. The molecule has 124 valence electrons. The van der Waals surface area contributed by atoms with Crippen LogP contribution in [-0.2, 0) is 15.8 Å². The number of ether oxygens (including phenoxy) is 1. The molecule has 1 aliphatic heterocycles. The molecule has 2 amide bonds. The van der Waals surface area contributed by atoms with Gasteiger partial charge in [0.05, 0.1) is 25.9 Å². The molecule has 0 bridgehead atoms. The lowest BCUT2D eigenvalue weighted by Crippen LogP contribution is -2.34. The summed E-state index contributed by atoms with van der Waals surface area (Å²) in [5, 5.41) is 11.1. The van der Waals surface area contributed by atoms with Gasteiger partial charge in [0.1, 0.15) is 17.0 Å². The zero-order valence-corrected chi connectivity index (χ0v) is 12.0. The van der Waals surface area contributed by atoms with Crippen molar-refractivity contribution in [3.05, 3.63) is 35.5 Å². The summed E-state index contributed by atoms with van der Waals surface area (Å²) < 4.78 is 44.3. The van der Waals surface area contributed by atoms with Gasteiger partial charge in [0.15, 0.2) is 0 Å². The number of benzene rings is 1. The number of hydrogen-bond donors (Lipinski definition) is 2. The zero-order chi connectivity index (χ0) is 17.2. The summed E-state index contributed by atoms with van der Waals surface area (Å²) in [5.41, 5.74) is -1.79.